The predicted octanol–water partition coefficient (Wildman–Crippen LogP) is 4.29. The lowest BCUT2D eigenvalue weighted by Gasteiger charge is -2.25. The average Bonchev–Trinajstić information content (AvgIpc) is 3.01. The zero-order valence-corrected chi connectivity index (χ0v) is 18.9. The molecule has 3 aromatic carbocycles. The quantitative estimate of drug-likeness (QED) is 0.558. The first kappa shape index (κ1) is 22.4. The molecule has 8 heteroatoms. The van der Waals surface area contributed by atoms with E-state index in [1.54, 1.807) is 55.6 Å². The van der Waals surface area contributed by atoms with Gasteiger partial charge in [-0.2, -0.15) is 0 Å². The summed E-state index contributed by atoms with van der Waals surface area (Å²) in [6.07, 6.45) is 0. The van der Waals surface area contributed by atoms with Crippen LogP contribution >= 0.6 is 23.2 Å². The van der Waals surface area contributed by atoms with Gasteiger partial charge in [-0.25, -0.2) is 0 Å². The van der Waals surface area contributed by atoms with E-state index in [2.05, 4.69) is 0 Å². The summed E-state index contributed by atoms with van der Waals surface area (Å²) >= 11 is 12.6. The molecular weight excluding hydrogens is 453 g/mol. The maximum Gasteiger partial charge on any atom is 0.268 e. The molecule has 3 aromatic rings. The molecule has 166 valence electrons. The monoisotopic (exact) mass is 473 g/mol. The number of halogens is 2. The number of hydrogen-bond donors (Lipinski definition) is 2. The van der Waals surface area contributed by atoms with Crippen molar-refractivity contribution in [2.75, 3.05) is 19.1 Å². The molecule has 1 unspecified atom stereocenters. The SMILES string of the molecule is COc1ccc(CN2C(=O)C(O)(c3cc(CO)ccc3Cl)c3cc(Cl)ccc32)c(OC)c1. The van der Waals surface area contributed by atoms with E-state index in [1.807, 2.05) is 0 Å². The maximum atomic E-state index is 13.7. The lowest BCUT2D eigenvalue weighted by molar-refractivity contribution is -0.132. The van der Waals surface area contributed by atoms with Crippen molar-refractivity contribution in [2.45, 2.75) is 18.8 Å². The molecule has 4 rings (SSSR count). The molecule has 6 nitrogen and oxygen atoms in total. The van der Waals surface area contributed by atoms with Crippen LogP contribution in [-0.4, -0.2) is 30.3 Å². The van der Waals surface area contributed by atoms with E-state index < -0.39 is 11.5 Å². The largest absolute Gasteiger partial charge is 0.497 e. The van der Waals surface area contributed by atoms with Gasteiger partial charge in [0.1, 0.15) is 11.5 Å². The number of aliphatic hydroxyl groups is 2. The Kier molecular flexibility index (Phi) is 6.05. The molecule has 2 N–H and O–H groups in total. The molecule has 0 radical (unpaired) electrons. The first-order valence-electron chi connectivity index (χ1n) is 9.78. The summed E-state index contributed by atoms with van der Waals surface area (Å²) in [6.45, 7) is -0.121. The van der Waals surface area contributed by atoms with Crippen LogP contribution in [0.25, 0.3) is 0 Å². The lowest BCUT2D eigenvalue weighted by atomic mass is 9.86. The molecule has 0 fully saturated rings. The fraction of sp³-hybridized carbons (Fsp3) is 0.208. The highest BCUT2D eigenvalue weighted by Crippen LogP contribution is 2.48. The molecule has 1 aliphatic heterocycles. The number of carbonyl (C=O) groups excluding carboxylic acids is 1. The van der Waals surface area contributed by atoms with Crippen LogP contribution in [0.3, 0.4) is 0 Å². The summed E-state index contributed by atoms with van der Waals surface area (Å²) in [4.78, 5) is 15.2. The molecule has 32 heavy (non-hydrogen) atoms. The van der Waals surface area contributed by atoms with Crippen LogP contribution in [0, 0.1) is 0 Å². The Hall–Kier alpha value is -2.77. The first-order valence-corrected chi connectivity index (χ1v) is 10.5. The lowest BCUT2D eigenvalue weighted by Crippen LogP contribution is -2.41. The van der Waals surface area contributed by atoms with Gasteiger partial charge in [0.2, 0.25) is 0 Å². The molecule has 1 aliphatic rings. The molecule has 0 aliphatic carbocycles. The number of amides is 1. The Morgan fingerprint density at radius 1 is 0.969 bits per heavy atom. The average molecular weight is 474 g/mol. The summed E-state index contributed by atoms with van der Waals surface area (Å²) in [7, 11) is 3.09. The van der Waals surface area contributed by atoms with Crippen molar-refractivity contribution in [3.8, 4) is 11.5 Å². The van der Waals surface area contributed by atoms with Crippen LogP contribution in [0.4, 0.5) is 5.69 Å². The van der Waals surface area contributed by atoms with Crippen LogP contribution in [0.1, 0.15) is 22.3 Å². The molecule has 0 spiro atoms. The summed E-state index contributed by atoms with van der Waals surface area (Å²) in [5, 5.41) is 21.9. The number of carbonyl (C=O) groups is 1. The van der Waals surface area contributed by atoms with Gasteiger partial charge < -0.3 is 24.6 Å². The van der Waals surface area contributed by atoms with Gasteiger partial charge in [-0.05, 0) is 48.0 Å². The Labute approximate surface area is 195 Å². The third kappa shape index (κ3) is 3.59. The Bertz CT molecular complexity index is 1200. The smallest absolute Gasteiger partial charge is 0.268 e. The molecule has 1 amide bonds. The van der Waals surface area contributed by atoms with Crippen LogP contribution in [0.5, 0.6) is 11.5 Å². The summed E-state index contributed by atoms with van der Waals surface area (Å²) in [5.74, 6) is 0.586. The van der Waals surface area contributed by atoms with Crippen LogP contribution in [-0.2, 0) is 23.5 Å². The fourth-order valence-corrected chi connectivity index (χ4v) is 4.40. The molecule has 0 saturated heterocycles. The Morgan fingerprint density at radius 2 is 1.75 bits per heavy atom. The van der Waals surface area contributed by atoms with Crippen molar-refractivity contribution in [1.82, 2.24) is 0 Å². The third-order valence-corrected chi connectivity index (χ3v) is 6.18. The number of ether oxygens (including phenoxy) is 2. The van der Waals surface area contributed by atoms with Crippen LogP contribution < -0.4 is 14.4 Å². The number of rotatable bonds is 6. The number of anilines is 1. The second kappa shape index (κ2) is 8.64. The van der Waals surface area contributed by atoms with Crippen LogP contribution in [0.2, 0.25) is 10.0 Å². The van der Waals surface area contributed by atoms with E-state index >= 15 is 0 Å². The number of aliphatic hydroxyl groups excluding tert-OH is 1. The number of fused-ring (bicyclic) bond motifs is 1. The third-order valence-electron chi connectivity index (χ3n) is 5.62. The molecule has 0 aromatic heterocycles. The first-order chi connectivity index (χ1) is 15.3. The molecule has 1 atom stereocenters. The Balaban J connectivity index is 1.86. The van der Waals surface area contributed by atoms with Gasteiger partial charge in [0.05, 0.1) is 33.1 Å². The zero-order chi connectivity index (χ0) is 23.0. The highest BCUT2D eigenvalue weighted by Gasteiger charge is 2.52. The summed E-state index contributed by atoms with van der Waals surface area (Å²) < 4.78 is 10.7. The van der Waals surface area contributed by atoms with Crippen LogP contribution in [0.15, 0.2) is 54.6 Å². The number of methoxy groups -OCH3 is 2. The van der Waals surface area contributed by atoms with Gasteiger partial charge in [-0.3, -0.25) is 4.79 Å². The second-order valence-corrected chi connectivity index (χ2v) is 8.26. The fourth-order valence-electron chi connectivity index (χ4n) is 3.97. The number of hydrogen-bond acceptors (Lipinski definition) is 5. The van der Waals surface area contributed by atoms with E-state index in [0.29, 0.717) is 33.3 Å². The van der Waals surface area contributed by atoms with Gasteiger partial charge in [-0.15, -0.1) is 0 Å². The van der Waals surface area contributed by atoms with Gasteiger partial charge in [0, 0.05) is 32.8 Å². The van der Waals surface area contributed by atoms with E-state index in [-0.39, 0.29) is 23.7 Å². The number of benzene rings is 3. The minimum Gasteiger partial charge on any atom is -0.497 e. The van der Waals surface area contributed by atoms with Gasteiger partial charge >= 0.3 is 0 Å². The van der Waals surface area contributed by atoms with Crippen molar-refractivity contribution in [2.24, 2.45) is 0 Å². The van der Waals surface area contributed by atoms with Crippen molar-refractivity contribution in [1.29, 1.82) is 0 Å². The molecule has 1 heterocycles. The molecular formula is C24H21Cl2NO5. The van der Waals surface area contributed by atoms with Crippen molar-refractivity contribution in [3.63, 3.8) is 0 Å². The van der Waals surface area contributed by atoms with E-state index in [4.69, 9.17) is 32.7 Å². The van der Waals surface area contributed by atoms with E-state index in [0.717, 1.165) is 5.56 Å². The molecule has 0 saturated carbocycles. The van der Waals surface area contributed by atoms with E-state index in [1.165, 1.54) is 18.1 Å². The Morgan fingerprint density at radius 3 is 2.44 bits per heavy atom. The highest BCUT2D eigenvalue weighted by atomic mass is 35.5. The zero-order valence-electron chi connectivity index (χ0n) is 17.4. The minimum atomic E-state index is -2.07. The topological polar surface area (TPSA) is 79.2 Å². The molecule has 0 bridgehead atoms. The second-order valence-electron chi connectivity index (χ2n) is 7.41. The highest BCUT2D eigenvalue weighted by molar-refractivity contribution is 6.32. The van der Waals surface area contributed by atoms with Gasteiger partial charge in [-0.1, -0.05) is 29.3 Å². The predicted molar refractivity (Wildman–Crippen MR) is 123 cm³/mol. The summed E-state index contributed by atoms with van der Waals surface area (Å²) in [5.41, 5.74) is 0.182. The normalized spacial score (nSPS) is 17.4. The van der Waals surface area contributed by atoms with Crippen molar-refractivity contribution in [3.05, 3.63) is 86.9 Å². The summed E-state index contributed by atoms with van der Waals surface area (Å²) in [6, 6.07) is 14.9. The van der Waals surface area contributed by atoms with Gasteiger partial charge in [0.15, 0.2) is 5.60 Å². The van der Waals surface area contributed by atoms with Gasteiger partial charge in [0.25, 0.3) is 5.91 Å². The van der Waals surface area contributed by atoms with E-state index in [9.17, 15) is 15.0 Å². The maximum absolute atomic E-state index is 13.7. The standard InChI is InChI=1S/C24H21Cl2NO5/c1-31-17-6-4-15(22(11-17)32-2)12-27-21-8-5-16(25)10-19(21)24(30,23(27)29)18-9-14(13-28)3-7-20(18)26/h3-11,28,30H,12-13H2,1-2H3. The number of nitrogens with zero attached hydrogens (tertiary/aromatic N) is 1. The van der Waals surface area contributed by atoms with Crippen molar-refractivity contribution >= 4 is 34.8 Å². The minimum absolute atomic E-state index is 0.139. The van der Waals surface area contributed by atoms with Crippen molar-refractivity contribution < 1.29 is 24.5 Å².